The molecule has 16 heavy (non-hydrogen) atoms. The van der Waals surface area contributed by atoms with Crippen molar-refractivity contribution in [3.05, 3.63) is 11.8 Å². The van der Waals surface area contributed by atoms with E-state index in [4.69, 9.17) is 0 Å². The minimum absolute atomic E-state index is 0.456. The van der Waals surface area contributed by atoms with Gasteiger partial charge in [0.2, 0.25) is 15.7 Å². The molecule has 90 valence electrons. The van der Waals surface area contributed by atoms with Crippen LogP contribution >= 0.6 is 0 Å². The molecule has 0 saturated heterocycles. The van der Waals surface area contributed by atoms with E-state index in [1.54, 1.807) is 0 Å². The van der Waals surface area contributed by atoms with Crippen LogP contribution < -0.4 is 4.74 Å². The summed E-state index contributed by atoms with van der Waals surface area (Å²) in [7, 11) is -2.84. The fraction of sp³-hybridized carbons (Fsp3) is 0.429. The Kier molecular flexibility index (Phi) is 3.08. The summed E-state index contributed by atoms with van der Waals surface area (Å²) in [5.41, 5.74) is -1.36. The van der Waals surface area contributed by atoms with Gasteiger partial charge in [0.15, 0.2) is 5.69 Å². The lowest BCUT2D eigenvalue weighted by Crippen LogP contribution is -2.14. The predicted molar refractivity (Wildman–Crippen MR) is 46.7 cm³/mol. The second kappa shape index (κ2) is 3.89. The normalized spacial score (nSPS) is 12.6. The summed E-state index contributed by atoms with van der Waals surface area (Å²) in [5, 5.41) is -0.917. The molecule has 0 aliphatic rings. The smallest absolute Gasteiger partial charge is 0.433 e. The highest BCUT2D eigenvalue weighted by molar-refractivity contribution is 7.90. The van der Waals surface area contributed by atoms with Gasteiger partial charge in [-0.1, -0.05) is 0 Å². The molecule has 0 amide bonds. The standard InChI is InChI=1S/C7H7F3N2O3S/c1-15-5-3-4(7(8,9)10)11-6(12-5)16(2,13)14/h3H,1-2H3. The molecule has 0 aliphatic carbocycles. The van der Waals surface area contributed by atoms with Crippen LogP contribution in [0.25, 0.3) is 0 Å². The fourth-order valence-corrected chi connectivity index (χ4v) is 1.34. The lowest BCUT2D eigenvalue weighted by molar-refractivity contribution is -0.141. The Morgan fingerprint density at radius 1 is 1.31 bits per heavy atom. The largest absolute Gasteiger partial charge is 0.481 e. The van der Waals surface area contributed by atoms with E-state index < -0.39 is 32.7 Å². The lowest BCUT2D eigenvalue weighted by Gasteiger charge is -2.08. The van der Waals surface area contributed by atoms with E-state index in [9.17, 15) is 21.6 Å². The highest BCUT2D eigenvalue weighted by atomic mass is 32.2. The van der Waals surface area contributed by atoms with Crippen LogP contribution in [0.3, 0.4) is 0 Å². The summed E-state index contributed by atoms with van der Waals surface area (Å²) in [4.78, 5) is 6.24. The molecule has 0 aliphatic heterocycles. The Labute approximate surface area is 89.2 Å². The number of alkyl halides is 3. The summed E-state index contributed by atoms with van der Waals surface area (Å²) in [6.45, 7) is 0. The minimum Gasteiger partial charge on any atom is -0.481 e. The van der Waals surface area contributed by atoms with Gasteiger partial charge in [0.1, 0.15) is 0 Å². The summed E-state index contributed by atoms with van der Waals surface area (Å²) >= 11 is 0. The van der Waals surface area contributed by atoms with Crippen molar-refractivity contribution < 1.29 is 26.3 Å². The van der Waals surface area contributed by atoms with Crippen LogP contribution in [-0.4, -0.2) is 31.8 Å². The van der Waals surface area contributed by atoms with Crippen molar-refractivity contribution in [1.29, 1.82) is 0 Å². The van der Waals surface area contributed by atoms with Crippen molar-refractivity contribution in [2.45, 2.75) is 11.3 Å². The van der Waals surface area contributed by atoms with Gasteiger partial charge in [-0.3, -0.25) is 0 Å². The average Bonchev–Trinajstić information content (AvgIpc) is 2.14. The molecule has 1 heterocycles. The van der Waals surface area contributed by atoms with Crippen LogP contribution in [0.5, 0.6) is 5.88 Å². The number of aromatic nitrogens is 2. The van der Waals surface area contributed by atoms with Gasteiger partial charge in [-0.05, 0) is 0 Å². The molecule has 0 unspecified atom stereocenters. The molecule has 9 heteroatoms. The van der Waals surface area contributed by atoms with Crippen molar-refractivity contribution in [2.24, 2.45) is 0 Å². The maximum Gasteiger partial charge on any atom is 0.433 e. The molecular formula is C7H7F3N2O3S. The molecule has 0 saturated carbocycles. The first-order valence-electron chi connectivity index (χ1n) is 3.85. The van der Waals surface area contributed by atoms with Gasteiger partial charge in [0.05, 0.1) is 7.11 Å². The van der Waals surface area contributed by atoms with Crippen molar-refractivity contribution in [3.63, 3.8) is 0 Å². The third kappa shape index (κ3) is 2.81. The number of sulfone groups is 1. The Bertz CT molecular complexity index is 498. The molecule has 0 atom stereocenters. The van der Waals surface area contributed by atoms with E-state index in [0.29, 0.717) is 12.3 Å². The Morgan fingerprint density at radius 2 is 1.88 bits per heavy atom. The van der Waals surface area contributed by atoms with Crippen LogP contribution in [0.4, 0.5) is 13.2 Å². The number of ether oxygens (including phenoxy) is 1. The van der Waals surface area contributed by atoms with Crippen molar-refractivity contribution in [1.82, 2.24) is 9.97 Å². The number of halogens is 3. The number of rotatable bonds is 2. The van der Waals surface area contributed by atoms with Crippen LogP contribution in [-0.2, 0) is 16.0 Å². The van der Waals surface area contributed by atoms with E-state index in [1.807, 2.05) is 0 Å². The van der Waals surface area contributed by atoms with Crippen molar-refractivity contribution in [2.75, 3.05) is 13.4 Å². The van der Waals surface area contributed by atoms with E-state index in [2.05, 4.69) is 14.7 Å². The number of methoxy groups -OCH3 is 1. The van der Waals surface area contributed by atoms with E-state index in [1.165, 1.54) is 0 Å². The summed E-state index contributed by atoms with van der Waals surface area (Å²) in [6.07, 6.45) is -4.04. The molecule has 0 bridgehead atoms. The lowest BCUT2D eigenvalue weighted by atomic mass is 10.4. The topological polar surface area (TPSA) is 69.2 Å². The van der Waals surface area contributed by atoms with E-state index in [-0.39, 0.29) is 0 Å². The molecule has 0 spiro atoms. The van der Waals surface area contributed by atoms with Crippen molar-refractivity contribution in [3.8, 4) is 5.88 Å². The zero-order valence-corrected chi connectivity index (χ0v) is 9.06. The van der Waals surface area contributed by atoms with Gasteiger partial charge in [-0.2, -0.15) is 18.2 Å². The van der Waals surface area contributed by atoms with Crippen molar-refractivity contribution >= 4 is 9.84 Å². The second-order valence-electron chi connectivity index (χ2n) is 2.85. The molecule has 0 N–H and O–H groups in total. The first kappa shape index (κ1) is 12.7. The Balaban J connectivity index is 3.45. The summed E-state index contributed by atoms with van der Waals surface area (Å²) in [5.74, 6) is -0.456. The predicted octanol–water partition coefficient (Wildman–Crippen LogP) is 0.907. The average molecular weight is 256 g/mol. The van der Waals surface area contributed by atoms with Gasteiger partial charge in [-0.25, -0.2) is 13.4 Å². The van der Waals surface area contributed by atoms with E-state index >= 15 is 0 Å². The first-order chi connectivity index (χ1) is 7.14. The maximum atomic E-state index is 12.3. The number of hydrogen-bond donors (Lipinski definition) is 0. The molecule has 0 radical (unpaired) electrons. The highest BCUT2D eigenvalue weighted by Crippen LogP contribution is 2.29. The first-order valence-corrected chi connectivity index (χ1v) is 5.74. The highest BCUT2D eigenvalue weighted by Gasteiger charge is 2.34. The van der Waals surface area contributed by atoms with Gasteiger partial charge < -0.3 is 4.74 Å². The molecule has 5 nitrogen and oxygen atoms in total. The van der Waals surface area contributed by atoms with Gasteiger partial charge in [-0.15, -0.1) is 0 Å². The monoisotopic (exact) mass is 256 g/mol. The molecule has 0 fully saturated rings. The molecule has 1 aromatic heterocycles. The summed E-state index contributed by atoms with van der Waals surface area (Å²) in [6, 6.07) is 0.522. The SMILES string of the molecule is COc1cc(C(F)(F)F)nc(S(C)(=O)=O)n1. The van der Waals surface area contributed by atoms with Crippen LogP contribution in [0.2, 0.25) is 0 Å². The summed E-state index contributed by atoms with van der Waals surface area (Å²) < 4.78 is 63.5. The number of nitrogens with zero attached hydrogens (tertiary/aromatic N) is 2. The van der Waals surface area contributed by atoms with Gasteiger partial charge in [0.25, 0.3) is 5.16 Å². The van der Waals surface area contributed by atoms with Gasteiger partial charge in [0, 0.05) is 12.3 Å². The third-order valence-electron chi connectivity index (χ3n) is 1.51. The molecule has 1 aromatic rings. The molecular weight excluding hydrogens is 249 g/mol. The molecule has 0 aromatic carbocycles. The minimum atomic E-state index is -4.75. The second-order valence-corrected chi connectivity index (χ2v) is 4.76. The molecule has 1 rings (SSSR count). The number of hydrogen-bond acceptors (Lipinski definition) is 5. The quantitative estimate of drug-likeness (QED) is 0.735. The van der Waals surface area contributed by atoms with Gasteiger partial charge >= 0.3 is 6.18 Å². The van der Waals surface area contributed by atoms with Crippen LogP contribution in [0, 0.1) is 0 Å². The maximum absolute atomic E-state index is 12.3. The fourth-order valence-electron chi connectivity index (χ4n) is 0.819. The Hall–Kier alpha value is -1.38. The van der Waals surface area contributed by atoms with Crippen LogP contribution in [0.1, 0.15) is 5.69 Å². The third-order valence-corrected chi connectivity index (χ3v) is 2.36. The Morgan fingerprint density at radius 3 is 2.25 bits per heavy atom. The zero-order chi connectivity index (χ0) is 12.6. The van der Waals surface area contributed by atoms with E-state index in [0.717, 1.165) is 7.11 Å². The zero-order valence-electron chi connectivity index (χ0n) is 8.24. The van der Waals surface area contributed by atoms with Crippen LogP contribution in [0.15, 0.2) is 11.2 Å².